The van der Waals surface area contributed by atoms with Gasteiger partial charge in [0.2, 0.25) is 5.91 Å². The van der Waals surface area contributed by atoms with E-state index < -0.39 is 0 Å². The lowest BCUT2D eigenvalue weighted by atomic mass is 10.1. The Morgan fingerprint density at radius 2 is 2.04 bits per heavy atom. The van der Waals surface area contributed by atoms with Crippen molar-refractivity contribution in [1.82, 2.24) is 25.1 Å². The number of piperidine rings is 1. The van der Waals surface area contributed by atoms with Gasteiger partial charge in [-0.15, -0.1) is 0 Å². The summed E-state index contributed by atoms with van der Waals surface area (Å²) in [6, 6.07) is 4.89. The molecule has 3 rings (SSSR count). The molecule has 0 aromatic carbocycles. The summed E-state index contributed by atoms with van der Waals surface area (Å²) in [4.78, 5) is 34.8. The van der Waals surface area contributed by atoms with Gasteiger partial charge in [0.15, 0.2) is 0 Å². The first-order valence-corrected chi connectivity index (χ1v) is 8.50. The molecule has 3 heterocycles. The summed E-state index contributed by atoms with van der Waals surface area (Å²) in [6.07, 6.45) is 5.08. The fraction of sp³-hybridized carbons (Fsp3) is 0.471. The van der Waals surface area contributed by atoms with Crippen molar-refractivity contribution in [2.75, 3.05) is 18.0 Å². The van der Waals surface area contributed by atoms with Crippen LogP contribution in [0.1, 0.15) is 30.8 Å². The zero-order valence-corrected chi connectivity index (χ0v) is 14.3. The minimum atomic E-state index is -0.308. The summed E-state index contributed by atoms with van der Waals surface area (Å²) in [5, 5.41) is 6.62. The predicted molar refractivity (Wildman–Crippen MR) is 93.2 cm³/mol. The number of aryl methyl sites for hydroxylation is 1. The molecule has 0 bridgehead atoms. The van der Waals surface area contributed by atoms with E-state index in [-0.39, 0.29) is 24.6 Å². The van der Waals surface area contributed by atoms with Crippen molar-refractivity contribution in [2.24, 2.45) is 0 Å². The number of nitrogens with zero attached hydrogens (tertiary/aromatic N) is 5. The average molecular weight is 342 g/mol. The highest BCUT2D eigenvalue weighted by Crippen LogP contribution is 2.18. The van der Waals surface area contributed by atoms with Crippen molar-refractivity contribution < 1.29 is 4.79 Å². The van der Waals surface area contributed by atoms with Gasteiger partial charge in [0.05, 0.1) is 6.54 Å². The SMILES string of the molecule is Cc1cc(N2CCCCC2)nc(CNC(=O)Cn2ncccc2=O)n1. The number of hydrogen-bond donors (Lipinski definition) is 1. The molecule has 0 unspecified atom stereocenters. The lowest BCUT2D eigenvalue weighted by molar-refractivity contribution is -0.122. The number of hydrogen-bond acceptors (Lipinski definition) is 6. The molecule has 8 nitrogen and oxygen atoms in total. The summed E-state index contributed by atoms with van der Waals surface area (Å²) in [5.41, 5.74) is 0.567. The molecule has 0 spiro atoms. The molecule has 1 fully saturated rings. The van der Waals surface area contributed by atoms with Gasteiger partial charge in [-0.25, -0.2) is 14.6 Å². The van der Waals surface area contributed by atoms with Crippen LogP contribution in [0.15, 0.2) is 29.2 Å². The lowest BCUT2D eigenvalue weighted by Gasteiger charge is -2.28. The Morgan fingerprint density at radius 3 is 2.80 bits per heavy atom. The molecule has 132 valence electrons. The van der Waals surface area contributed by atoms with Gasteiger partial charge < -0.3 is 10.2 Å². The van der Waals surface area contributed by atoms with E-state index in [9.17, 15) is 9.59 Å². The van der Waals surface area contributed by atoms with Crippen LogP contribution in [0.25, 0.3) is 0 Å². The topological polar surface area (TPSA) is 93.0 Å². The zero-order valence-electron chi connectivity index (χ0n) is 14.3. The molecule has 0 saturated carbocycles. The maximum atomic E-state index is 12.0. The van der Waals surface area contributed by atoms with Crippen LogP contribution in [-0.2, 0) is 17.9 Å². The number of nitrogens with one attached hydrogen (secondary N) is 1. The summed E-state index contributed by atoms with van der Waals surface area (Å²) >= 11 is 0. The molecule has 1 aliphatic rings. The van der Waals surface area contributed by atoms with Gasteiger partial charge in [-0.3, -0.25) is 9.59 Å². The number of carbonyl (C=O) groups excluding carboxylic acids is 1. The summed E-state index contributed by atoms with van der Waals surface area (Å²) in [5.74, 6) is 1.19. The molecule has 1 saturated heterocycles. The molecule has 8 heteroatoms. The molecule has 0 aliphatic carbocycles. The van der Waals surface area contributed by atoms with Crippen LogP contribution in [0.3, 0.4) is 0 Å². The second-order valence-electron chi connectivity index (χ2n) is 6.13. The van der Waals surface area contributed by atoms with E-state index in [0.29, 0.717) is 5.82 Å². The predicted octanol–water partition coefficient (Wildman–Crippen LogP) is 0.648. The molecule has 25 heavy (non-hydrogen) atoms. The van der Waals surface area contributed by atoms with Crippen LogP contribution >= 0.6 is 0 Å². The Morgan fingerprint density at radius 1 is 1.24 bits per heavy atom. The van der Waals surface area contributed by atoms with Gasteiger partial charge in [-0.05, 0) is 32.3 Å². The number of rotatable bonds is 5. The highest BCUT2D eigenvalue weighted by Gasteiger charge is 2.14. The molecule has 1 aliphatic heterocycles. The molecule has 2 aromatic rings. The van der Waals surface area contributed by atoms with Gasteiger partial charge in [0, 0.05) is 37.1 Å². The van der Waals surface area contributed by atoms with Crippen LogP contribution in [0.4, 0.5) is 5.82 Å². The van der Waals surface area contributed by atoms with E-state index in [4.69, 9.17) is 0 Å². The van der Waals surface area contributed by atoms with Gasteiger partial charge in [-0.1, -0.05) is 0 Å². The molecule has 2 aromatic heterocycles. The quantitative estimate of drug-likeness (QED) is 0.857. The second-order valence-corrected chi connectivity index (χ2v) is 6.13. The first-order valence-electron chi connectivity index (χ1n) is 8.50. The Kier molecular flexibility index (Phi) is 5.37. The third kappa shape index (κ3) is 4.62. The van der Waals surface area contributed by atoms with E-state index >= 15 is 0 Å². The maximum Gasteiger partial charge on any atom is 0.267 e. The second kappa shape index (κ2) is 7.87. The standard InChI is InChI=1S/C17H22N6O2/c1-13-10-15(22-8-3-2-4-9-22)21-14(20-13)11-18-16(24)12-23-17(25)6-5-7-19-23/h5-7,10H,2-4,8-9,11-12H2,1H3,(H,18,24). The fourth-order valence-corrected chi connectivity index (χ4v) is 2.85. The van der Waals surface area contributed by atoms with Crippen LogP contribution in [-0.4, -0.2) is 38.7 Å². The van der Waals surface area contributed by atoms with E-state index in [1.807, 2.05) is 13.0 Å². The zero-order chi connectivity index (χ0) is 17.6. The molecule has 0 atom stereocenters. The Labute approximate surface area is 145 Å². The van der Waals surface area contributed by atoms with Crippen LogP contribution < -0.4 is 15.8 Å². The van der Waals surface area contributed by atoms with Crippen molar-refractivity contribution in [1.29, 1.82) is 0 Å². The van der Waals surface area contributed by atoms with E-state index in [1.54, 1.807) is 6.07 Å². The smallest absolute Gasteiger partial charge is 0.267 e. The van der Waals surface area contributed by atoms with Gasteiger partial charge in [0.25, 0.3) is 5.56 Å². The maximum absolute atomic E-state index is 12.0. The monoisotopic (exact) mass is 342 g/mol. The Hall–Kier alpha value is -2.77. The first-order chi connectivity index (χ1) is 12.1. The third-order valence-corrected chi connectivity index (χ3v) is 4.09. The summed E-state index contributed by atoms with van der Waals surface area (Å²) in [7, 11) is 0. The van der Waals surface area contributed by atoms with Gasteiger partial charge in [-0.2, -0.15) is 5.10 Å². The minimum Gasteiger partial charge on any atom is -0.357 e. The molecule has 0 radical (unpaired) electrons. The number of aromatic nitrogens is 4. The first kappa shape index (κ1) is 17.1. The Bertz CT molecular complexity index is 798. The van der Waals surface area contributed by atoms with E-state index in [1.165, 1.54) is 31.5 Å². The lowest BCUT2D eigenvalue weighted by Crippen LogP contribution is -2.34. The fourth-order valence-electron chi connectivity index (χ4n) is 2.85. The molecule has 1 N–H and O–H groups in total. The van der Waals surface area contributed by atoms with Crippen molar-refractivity contribution in [3.63, 3.8) is 0 Å². The van der Waals surface area contributed by atoms with Crippen molar-refractivity contribution in [3.05, 3.63) is 46.3 Å². The summed E-state index contributed by atoms with van der Waals surface area (Å²) < 4.78 is 1.12. The Balaban J connectivity index is 1.62. The van der Waals surface area contributed by atoms with Crippen LogP contribution in [0.2, 0.25) is 0 Å². The largest absolute Gasteiger partial charge is 0.357 e. The highest BCUT2D eigenvalue weighted by atomic mass is 16.2. The third-order valence-electron chi connectivity index (χ3n) is 4.09. The number of amides is 1. The van der Waals surface area contributed by atoms with Gasteiger partial charge in [0.1, 0.15) is 18.2 Å². The molecule has 1 amide bonds. The summed E-state index contributed by atoms with van der Waals surface area (Å²) in [6.45, 7) is 4.04. The van der Waals surface area contributed by atoms with Crippen LogP contribution in [0.5, 0.6) is 0 Å². The molecular formula is C17H22N6O2. The van der Waals surface area contributed by atoms with Gasteiger partial charge >= 0.3 is 0 Å². The number of anilines is 1. The van der Waals surface area contributed by atoms with Crippen molar-refractivity contribution in [3.8, 4) is 0 Å². The van der Waals surface area contributed by atoms with E-state index in [0.717, 1.165) is 29.3 Å². The van der Waals surface area contributed by atoms with Crippen molar-refractivity contribution in [2.45, 2.75) is 39.3 Å². The van der Waals surface area contributed by atoms with Crippen LogP contribution in [0, 0.1) is 6.92 Å². The average Bonchev–Trinajstić information content (AvgIpc) is 2.62. The van der Waals surface area contributed by atoms with E-state index in [2.05, 4.69) is 25.3 Å². The minimum absolute atomic E-state index is 0.121. The normalized spacial score (nSPS) is 14.4. The highest BCUT2D eigenvalue weighted by molar-refractivity contribution is 5.75. The van der Waals surface area contributed by atoms with Crippen molar-refractivity contribution >= 4 is 11.7 Å². The number of carbonyl (C=O) groups is 1. The molecular weight excluding hydrogens is 320 g/mol.